The molecular weight excluding hydrogens is 363 g/mol. The zero-order valence-electron chi connectivity index (χ0n) is 13.5. The lowest BCUT2D eigenvalue weighted by Gasteiger charge is -2.38. The first kappa shape index (κ1) is 17.7. The predicted octanol–water partition coefficient (Wildman–Crippen LogP) is 4.38. The van der Waals surface area contributed by atoms with Crippen molar-refractivity contribution in [2.75, 3.05) is 13.1 Å². The molecule has 0 atom stereocenters. The Morgan fingerprint density at radius 1 is 1.39 bits per heavy atom. The number of carbonyl (C=O) groups is 1. The number of benzene rings is 1. The maximum absolute atomic E-state index is 14.3. The van der Waals surface area contributed by atoms with Crippen molar-refractivity contribution >= 4 is 22.0 Å². The number of likely N-dealkylation sites (tertiary alicyclic amines) is 1. The van der Waals surface area contributed by atoms with Crippen LogP contribution in [0.4, 0.5) is 9.18 Å². The minimum absolute atomic E-state index is 0.364. The Balaban J connectivity index is 2.18. The van der Waals surface area contributed by atoms with Gasteiger partial charge < -0.3 is 9.64 Å². The summed E-state index contributed by atoms with van der Waals surface area (Å²) in [6.07, 6.45) is 0.363. The first-order chi connectivity index (χ1) is 10.7. The Labute approximate surface area is 144 Å². The Kier molecular flexibility index (Phi) is 5.00. The topological polar surface area (TPSA) is 53.3 Å². The third kappa shape index (κ3) is 3.84. The van der Waals surface area contributed by atoms with Crippen molar-refractivity contribution in [1.82, 2.24) is 4.90 Å². The summed E-state index contributed by atoms with van der Waals surface area (Å²) in [6.45, 7) is 6.16. The summed E-state index contributed by atoms with van der Waals surface area (Å²) in [5, 5.41) is 9.68. The average molecular weight is 383 g/mol. The highest BCUT2D eigenvalue weighted by Gasteiger charge is 2.41. The third-order valence-electron chi connectivity index (χ3n) is 3.92. The number of carbonyl (C=O) groups excluding carboxylic acids is 1. The molecule has 1 amide bonds. The highest BCUT2D eigenvalue weighted by molar-refractivity contribution is 9.10. The summed E-state index contributed by atoms with van der Waals surface area (Å²) in [6, 6.07) is 6.97. The van der Waals surface area contributed by atoms with Crippen LogP contribution in [-0.4, -0.2) is 29.7 Å². The highest BCUT2D eigenvalue weighted by Crippen LogP contribution is 2.40. The number of amides is 1. The molecule has 1 aliphatic heterocycles. The van der Waals surface area contributed by atoms with Crippen LogP contribution in [0, 0.1) is 17.1 Å². The van der Waals surface area contributed by atoms with Crippen molar-refractivity contribution < 1.29 is 13.9 Å². The number of hydrogen-bond donors (Lipinski definition) is 0. The summed E-state index contributed by atoms with van der Waals surface area (Å²) >= 11 is 3.35. The molecule has 0 saturated carbocycles. The van der Waals surface area contributed by atoms with Gasteiger partial charge in [-0.25, -0.2) is 9.18 Å². The normalized spacial score (nSPS) is 17.5. The van der Waals surface area contributed by atoms with Gasteiger partial charge in [0.25, 0.3) is 0 Å². The standard InChI is InChI=1S/C17H20BrFN2O2/c1-16(2,3)23-15(22)21-9-7-17(11-20,8-10-21)14-12(18)5-4-6-13(14)19/h4-6H,7-10H2,1-3H3. The van der Waals surface area contributed by atoms with E-state index in [0.29, 0.717) is 36.0 Å². The smallest absolute Gasteiger partial charge is 0.410 e. The second-order valence-corrected chi connectivity index (χ2v) is 7.61. The van der Waals surface area contributed by atoms with Crippen LogP contribution in [0.3, 0.4) is 0 Å². The molecule has 1 aliphatic rings. The first-order valence-electron chi connectivity index (χ1n) is 7.52. The molecule has 23 heavy (non-hydrogen) atoms. The van der Waals surface area contributed by atoms with Gasteiger partial charge in [0.1, 0.15) is 11.4 Å². The van der Waals surface area contributed by atoms with Crippen LogP contribution in [0.1, 0.15) is 39.2 Å². The van der Waals surface area contributed by atoms with Crippen molar-refractivity contribution in [2.45, 2.75) is 44.6 Å². The van der Waals surface area contributed by atoms with Crippen molar-refractivity contribution in [3.05, 3.63) is 34.1 Å². The van der Waals surface area contributed by atoms with E-state index in [4.69, 9.17) is 4.74 Å². The van der Waals surface area contributed by atoms with Crippen molar-refractivity contribution in [2.24, 2.45) is 0 Å². The Bertz CT molecular complexity index is 621. The van der Waals surface area contributed by atoms with Crippen LogP contribution in [0.5, 0.6) is 0 Å². The van der Waals surface area contributed by atoms with E-state index in [-0.39, 0.29) is 0 Å². The summed E-state index contributed by atoms with van der Waals surface area (Å²) in [5.74, 6) is -0.397. The molecule has 124 valence electrons. The molecule has 0 N–H and O–H groups in total. The molecule has 1 fully saturated rings. The molecule has 0 aromatic heterocycles. The Morgan fingerprint density at radius 3 is 2.48 bits per heavy atom. The van der Waals surface area contributed by atoms with Crippen molar-refractivity contribution in [1.29, 1.82) is 5.26 Å². The maximum Gasteiger partial charge on any atom is 0.410 e. The monoisotopic (exact) mass is 382 g/mol. The SMILES string of the molecule is CC(C)(C)OC(=O)N1CCC(C#N)(c2c(F)cccc2Br)CC1. The van der Waals surface area contributed by atoms with Crippen LogP contribution < -0.4 is 0 Å². The second-order valence-electron chi connectivity index (χ2n) is 6.76. The van der Waals surface area contributed by atoms with E-state index in [1.165, 1.54) is 6.07 Å². The lowest BCUT2D eigenvalue weighted by molar-refractivity contribution is 0.0184. The lowest BCUT2D eigenvalue weighted by atomic mass is 9.74. The van der Waals surface area contributed by atoms with Crippen LogP contribution >= 0.6 is 15.9 Å². The molecule has 2 rings (SSSR count). The molecule has 1 heterocycles. The number of ether oxygens (including phenoxy) is 1. The number of piperidine rings is 1. The summed E-state index contributed by atoms with van der Waals surface area (Å²) in [7, 11) is 0. The Hall–Kier alpha value is -1.61. The van der Waals surface area contributed by atoms with E-state index in [1.807, 2.05) is 20.8 Å². The quantitative estimate of drug-likeness (QED) is 0.723. The van der Waals surface area contributed by atoms with E-state index in [2.05, 4.69) is 22.0 Å². The molecule has 0 bridgehead atoms. The Morgan fingerprint density at radius 2 is 2.00 bits per heavy atom. The zero-order valence-corrected chi connectivity index (χ0v) is 15.1. The largest absolute Gasteiger partial charge is 0.444 e. The van der Waals surface area contributed by atoms with Gasteiger partial charge >= 0.3 is 6.09 Å². The number of nitriles is 1. The number of nitrogens with zero attached hydrogens (tertiary/aromatic N) is 2. The maximum atomic E-state index is 14.3. The number of hydrogen-bond acceptors (Lipinski definition) is 3. The molecule has 1 saturated heterocycles. The molecule has 4 nitrogen and oxygen atoms in total. The number of rotatable bonds is 1. The minimum Gasteiger partial charge on any atom is -0.444 e. The zero-order chi connectivity index (χ0) is 17.3. The molecule has 1 aromatic carbocycles. The molecule has 0 radical (unpaired) electrons. The molecule has 1 aromatic rings. The van der Waals surface area contributed by atoms with E-state index in [9.17, 15) is 14.4 Å². The van der Waals surface area contributed by atoms with Gasteiger partial charge in [0.2, 0.25) is 0 Å². The summed E-state index contributed by atoms with van der Waals surface area (Å²) in [5.41, 5.74) is -1.11. The summed E-state index contributed by atoms with van der Waals surface area (Å²) in [4.78, 5) is 13.7. The van der Waals surface area contributed by atoms with E-state index in [1.54, 1.807) is 17.0 Å². The number of halogens is 2. The predicted molar refractivity (Wildman–Crippen MR) is 88.4 cm³/mol. The van der Waals surface area contributed by atoms with Crippen LogP contribution in [0.2, 0.25) is 0 Å². The van der Waals surface area contributed by atoms with Gasteiger partial charge in [-0.15, -0.1) is 0 Å². The van der Waals surface area contributed by atoms with Gasteiger partial charge in [-0.05, 0) is 45.7 Å². The molecule has 0 unspecified atom stereocenters. The third-order valence-corrected chi connectivity index (χ3v) is 4.58. The van der Waals surface area contributed by atoms with Crippen molar-refractivity contribution in [3.63, 3.8) is 0 Å². The first-order valence-corrected chi connectivity index (χ1v) is 8.31. The van der Waals surface area contributed by atoms with Crippen molar-refractivity contribution in [3.8, 4) is 6.07 Å². The lowest BCUT2D eigenvalue weighted by Crippen LogP contribution is -2.46. The fourth-order valence-electron chi connectivity index (χ4n) is 2.77. The van der Waals surface area contributed by atoms with E-state index >= 15 is 0 Å². The van der Waals surface area contributed by atoms with Gasteiger partial charge in [-0.3, -0.25) is 0 Å². The molecule has 0 spiro atoms. The van der Waals surface area contributed by atoms with E-state index < -0.39 is 22.9 Å². The van der Waals surface area contributed by atoms with Gasteiger partial charge in [-0.1, -0.05) is 22.0 Å². The fraction of sp³-hybridized carbons (Fsp3) is 0.529. The van der Waals surface area contributed by atoms with Crippen LogP contribution in [-0.2, 0) is 10.2 Å². The second kappa shape index (κ2) is 6.48. The van der Waals surface area contributed by atoms with Crippen LogP contribution in [0.15, 0.2) is 22.7 Å². The van der Waals surface area contributed by atoms with Gasteiger partial charge in [0, 0.05) is 23.1 Å². The fourth-order valence-corrected chi connectivity index (χ4v) is 3.49. The van der Waals surface area contributed by atoms with Gasteiger partial charge in [0.15, 0.2) is 0 Å². The molecular formula is C17H20BrFN2O2. The average Bonchev–Trinajstić information content (AvgIpc) is 2.45. The summed E-state index contributed by atoms with van der Waals surface area (Å²) < 4.78 is 20.2. The van der Waals surface area contributed by atoms with Gasteiger partial charge in [-0.2, -0.15) is 5.26 Å². The van der Waals surface area contributed by atoms with Gasteiger partial charge in [0.05, 0.1) is 11.5 Å². The minimum atomic E-state index is -0.928. The van der Waals surface area contributed by atoms with E-state index in [0.717, 1.165) is 0 Å². The molecule has 6 heteroatoms. The van der Waals surface area contributed by atoms with Crippen LogP contribution in [0.25, 0.3) is 0 Å². The molecule has 0 aliphatic carbocycles. The highest BCUT2D eigenvalue weighted by atomic mass is 79.9.